The van der Waals surface area contributed by atoms with E-state index in [2.05, 4.69) is 5.32 Å². The quantitative estimate of drug-likeness (QED) is 0.515. The third-order valence-electron chi connectivity index (χ3n) is 5.22. The molecule has 1 heterocycles. The van der Waals surface area contributed by atoms with Crippen molar-refractivity contribution in [3.8, 4) is 11.5 Å². The maximum absolute atomic E-state index is 13.0. The van der Waals surface area contributed by atoms with E-state index >= 15 is 0 Å². The number of benzene rings is 3. The molecule has 2 amide bonds. The van der Waals surface area contributed by atoms with Gasteiger partial charge < -0.3 is 20.1 Å². The normalized spacial score (nSPS) is 13.6. The summed E-state index contributed by atoms with van der Waals surface area (Å²) < 4.78 is 5.84. The summed E-state index contributed by atoms with van der Waals surface area (Å²) in [5, 5.41) is 13.2. The van der Waals surface area contributed by atoms with Crippen molar-refractivity contribution in [2.75, 3.05) is 16.8 Å². The lowest BCUT2D eigenvalue weighted by Gasteiger charge is -2.18. The van der Waals surface area contributed by atoms with Crippen LogP contribution in [0.3, 0.4) is 0 Å². The Morgan fingerprint density at radius 2 is 1.66 bits per heavy atom. The summed E-state index contributed by atoms with van der Waals surface area (Å²) in [4.78, 5) is 27.3. The smallest absolute Gasteiger partial charge is 0.267 e. The summed E-state index contributed by atoms with van der Waals surface area (Å²) in [7, 11) is 0. The van der Waals surface area contributed by atoms with Gasteiger partial charge in [0.2, 0.25) is 0 Å². The van der Waals surface area contributed by atoms with E-state index in [9.17, 15) is 14.7 Å². The number of aliphatic hydroxyl groups excluding tert-OH is 1. The first kappa shape index (κ1) is 21.2. The first-order valence-corrected chi connectivity index (χ1v) is 10.4. The number of amides is 2. The molecule has 6 nitrogen and oxygen atoms in total. The maximum Gasteiger partial charge on any atom is 0.267 e. The Balaban J connectivity index is 1.53. The largest absolute Gasteiger partial charge is 0.509 e. The molecule has 0 unspecified atom stereocenters. The second kappa shape index (κ2) is 8.98. The van der Waals surface area contributed by atoms with Crippen LogP contribution in [0.15, 0.2) is 90.2 Å². The molecule has 2 N–H and O–H groups in total. The van der Waals surface area contributed by atoms with Gasteiger partial charge >= 0.3 is 0 Å². The molecule has 32 heavy (non-hydrogen) atoms. The lowest BCUT2D eigenvalue weighted by molar-refractivity contribution is -0.119. The van der Waals surface area contributed by atoms with Gasteiger partial charge in [-0.3, -0.25) is 9.59 Å². The molecule has 0 spiro atoms. The Labute approximate surface area is 186 Å². The average molecular weight is 428 g/mol. The minimum atomic E-state index is -0.625. The molecule has 0 saturated carbocycles. The number of anilines is 2. The minimum Gasteiger partial charge on any atom is -0.509 e. The summed E-state index contributed by atoms with van der Waals surface area (Å²) in [6.45, 7) is 3.96. The van der Waals surface area contributed by atoms with E-state index in [1.165, 1.54) is 4.90 Å². The van der Waals surface area contributed by atoms with Crippen molar-refractivity contribution in [1.29, 1.82) is 0 Å². The van der Waals surface area contributed by atoms with Gasteiger partial charge in [0.25, 0.3) is 11.8 Å². The third kappa shape index (κ3) is 4.34. The van der Waals surface area contributed by atoms with Crippen LogP contribution >= 0.6 is 0 Å². The number of carbonyl (C=O) groups is 2. The number of hydrogen-bond donors (Lipinski definition) is 2. The number of para-hydroxylation sites is 2. The summed E-state index contributed by atoms with van der Waals surface area (Å²) in [6, 6.07) is 23.7. The van der Waals surface area contributed by atoms with Gasteiger partial charge in [0.1, 0.15) is 22.8 Å². The summed E-state index contributed by atoms with van der Waals surface area (Å²) in [5.41, 5.74) is 1.85. The van der Waals surface area contributed by atoms with E-state index in [0.29, 0.717) is 22.9 Å². The van der Waals surface area contributed by atoms with Gasteiger partial charge in [-0.2, -0.15) is 0 Å². The second-order valence-corrected chi connectivity index (χ2v) is 7.82. The SMILES string of the molecule is CC(C)c1ccccc1NC(=O)C1=C(O)CN(c2cccc(Oc3ccccc3)c2)C1=O. The predicted octanol–water partition coefficient (Wildman–Crippen LogP) is 5.40. The number of nitrogens with zero attached hydrogens (tertiary/aromatic N) is 1. The van der Waals surface area contributed by atoms with E-state index in [4.69, 9.17) is 4.74 Å². The number of rotatable bonds is 6. The number of carbonyl (C=O) groups excluding carboxylic acids is 2. The molecule has 0 fully saturated rings. The number of nitrogens with one attached hydrogen (secondary N) is 1. The van der Waals surface area contributed by atoms with Gasteiger partial charge in [-0.05, 0) is 41.8 Å². The molecule has 0 radical (unpaired) electrons. The van der Waals surface area contributed by atoms with Gasteiger partial charge in [-0.15, -0.1) is 0 Å². The Hall–Kier alpha value is -4.06. The van der Waals surface area contributed by atoms with Crippen LogP contribution in [-0.4, -0.2) is 23.5 Å². The van der Waals surface area contributed by atoms with Crippen molar-refractivity contribution >= 4 is 23.2 Å². The van der Waals surface area contributed by atoms with Crippen molar-refractivity contribution in [2.45, 2.75) is 19.8 Å². The fraction of sp³-hybridized carbons (Fsp3) is 0.154. The van der Waals surface area contributed by atoms with Crippen LogP contribution in [0.1, 0.15) is 25.3 Å². The van der Waals surface area contributed by atoms with Crippen LogP contribution in [-0.2, 0) is 9.59 Å². The zero-order valence-electron chi connectivity index (χ0n) is 17.9. The highest BCUT2D eigenvalue weighted by Crippen LogP contribution is 2.31. The van der Waals surface area contributed by atoms with Gasteiger partial charge in [0, 0.05) is 17.4 Å². The molecule has 1 aliphatic rings. The van der Waals surface area contributed by atoms with Crippen LogP contribution in [0.25, 0.3) is 0 Å². The predicted molar refractivity (Wildman–Crippen MR) is 124 cm³/mol. The van der Waals surface area contributed by atoms with Gasteiger partial charge in [0.05, 0.1) is 6.54 Å². The van der Waals surface area contributed by atoms with Gasteiger partial charge in [0.15, 0.2) is 0 Å². The maximum atomic E-state index is 13.0. The molecule has 0 bridgehead atoms. The first-order chi connectivity index (χ1) is 15.4. The third-order valence-corrected chi connectivity index (χ3v) is 5.22. The zero-order chi connectivity index (χ0) is 22.7. The number of hydrogen-bond acceptors (Lipinski definition) is 4. The minimum absolute atomic E-state index is 0.0811. The number of aliphatic hydroxyl groups is 1. The van der Waals surface area contributed by atoms with Crippen LogP contribution < -0.4 is 15.0 Å². The van der Waals surface area contributed by atoms with Crippen molar-refractivity contribution < 1.29 is 19.4 Å². The molecule has 3 aromatic rings. The molecular formula is C26H24N2O4. The highest BCUT2D eigenvalue weighted by Gasteiger charge is 2.36. The molecule has 0 aliphatic carbocycles. The van der Waals surface area contributed by atoms with Crippen molar-refractivity contribution in [3.05, 3.63) is 95.8 Å². The van der Waals surface area contributed by atoms with Crippen LogP contribution in [0.4, 0.5) is 11.4 Å². The molecule has 1 aliphatic heterocycles. The lowest BCUT2D eigenvalue weighted by atomic mass is 10.0. The molecule has 0 aromatic heterocycles. The molecular weight excluding hydrogens is 404 g/mol. The van der Waals surface area contributed by atoms with Crippen molar-refractivity contribution in [2.24, 2.45) is 0 Å². The van der Waals surface area contributed by atoms with E-state index in [1.54, 1.807) is 30.3 Å². The Morgan fingerprint density at radius 1 is 0.969 bits per heavy atom. The molecule has 3 aromatic carbocycles. The van der Waals surface area contributed by atoms with E-state index in [1.807, 2.05) is 62.4 Å². The van der Waals surface area contributed by atoms with Crippen molar-refractivity contribution in [3.63, 3.8) is 0 Å². The van der Waals surface area contributed by atoms with Gasteiger partial charge in [-0.1, -0.05) is 56.3 Å². The Morgan fingerprint density at radius 3 is 2.41 bits per heavy atom. The van der Waals surface area contributed by atoms with Crippen LogP contribution in [0, 0.1) is 0 Å². The monoisotopic (exact) mass is 428 g/mol. The molecule has 6 heteroatoms. The molecule has 0 atom stereocenters. The topological polar surface area (TPSA) is 78.9 Å². The van der Waals surface area contributed by atoms with Crippen molar-refractivity contribution in [1.82, 2.24) is 0 Å². The highest BCUT2D eigenvalue weighted by atomic mass is 16.5. The molecule has 162 valence electrons. The summed E-state index contributed by atoms with van der Waals surface area (Å²) >= 11 is 0. The summed E-state index contributed by atoms with van der Waals surface area (Å²) in [6.07, 6.45) is 0. The lowest BCUT2D eigenvalue weighted by Crippen LogP contribution is -2.30. The number of ether oxygens (including phenoxy) is 1. The van der Waals surface area contributed by atoms with E-state index in [0.717, 1.165) is 5.56 Å². The van der Waals surface area contributed by atoms with Crippen LogP contribution in [0.2, 0.25) is 0 Å². The molecule has 4 rings (SSSR count). The zero-order valence-corrected chi connectivity index (χ0v) is 17.9. The average Bonchev–Trinajstić information content (AvgIpc) is 3.09. The van der Waals surface area contributed by atoms with E-state index < -0.39 is 11.8 Å². The Bertz CT molecular complexity index is 1190. The van der Waals surface area contributed by atoms with E-state index in [-0.39, 0.29) is 23.8 Å². The fourth-order valence-electron chi connectivity index (χ4n) is 3.63. The first-order valence-electron chi connectivity index (χ1n) is 10.4. The fourth-order valence-corrected chi connectivity index (χ4v) is 3.63. The second-order valence-electron chi connectivity index (χ2n) is 7.82. The highest BCUT2D eigenvalue weighted by molar-refractivity contribution is 6.29. The standard InChI is InChI=1S/C26H24N2O4/c1-17(2)21-13-6-7-14-22(21)27-25(30)24-23(29)16-28(26(24)31)18-9-8-12-20(15-18)32-19-10-4-3-5-11-19/h3-15,17,29H,16H2,1-2H3,(H,27,30). The Kier molecular flexibility index (Phi) is 5.94. The molecule has 0 saturated heterocycles. The summed E-state index contributed by atoms with van der Waals surface area (Å²) in [5.74, 6) is -0.0354. The van der Waals surface area contributed by atoms with Crippen LogP contribution in [0.5, 0.6) is 11.5 Å². The van der Waals surface area contributed by atoms with Gasteiger partial charge in [-0.25, -0.2) is 0 Å².